The highest BCUT2D eigenvalue weighted by Crippen LogP contribution is 2.32. The molecule has 1 unspecified atom stereocenters. The van der Waals surface area contributed by atoms with Crippen molar-refractivity contribution in [2.24, 2.45) is 0 Å². The number of rotatable bonds is 3. The number of halogens is 3. The normalized spacial score (nSPS) is 25.6. The molecule has 0 aliphatic carbocycles. The first kappa shape index (κ1) is 13.8. The van der Waals surface area contributed by atoms with Crippen molar-refractivity contribution >= 4 is 0 Å². The predicted molar refractivity (Wildman–Crippen MR) is 62.1 cm³/mol. The first-order valence-electron chi connectivity index (χ1n) is 6.75. The summed E-state index contributed by atoms with van der Waals surface area (Å²) >= 11 is 0. The third kappa shape index (κ3) is 3.12. The molecule has 5 nitrogen and oxygen atoms in total. The number of likely N-dealkylation sites (tertiary alicyclic amines) is 1. The Kier molecular flexibility index (Phi) is 3.68. The Hall–Kier alpha value is -1.15. The van der Waals surface area contributed by atoms with E-state index < -0.39 is 12.7 Å². The van der Waals surface area contributed by atoms with Crippen LogP contribution in [0.25, 0.3) is 0 Å². The maximum Gasteiger partial charge on any atom is 0.401 e. The molecule has 0 radical (unpaired) electrons. The van der Waals surface area contributed by atoms with E-state index in [0.29, 0.717) is 31.5 Å². The lowest BCUT2D eigenvalue weighted by atomic mass is 10.0. The van der Waals surface area contributed by atoms with E-state index in [9.17, 15) is 13.2 Å². The van der Waals surface area contributed by atoms with E-state index in [1.54, 1.807) is 0 Å². The van der Waals surface area contributed by atoms with Crippen LogP contribution in [0.15, 0.2) is 4.42 Å². The molecule has 20 heavy (non-hydrogen) atoms. The van der Waals surface area contributed by atoms with Gasteiger partial charge in [-0.3, -0.25) is 4.90 Å². The number of alkyl halides is 3. The van der Waals surface area contributed by atoms with Crippen LogP contribution in [-0.4, -0.2) is 47.5 Å². The van der Waals surface area contributed by atoms with Gasteiger partial charge in [0, 0.05) is 19.7 Å². The van der Waals surface area contributed by atoms with Gasteiger partial charge in [-0.15, -0.1) is 10.2 Å². The lowest BCUT2D eigenvalue weighted by Gasteiger charge is -2.37. The third-order valence-corrected chi connectivity index (χ3v) is 3.62. The molecule has 1 atom stereocenters. The largest absolute Gasteiger partial charge is 0.422 e. The molecule has 0 saturated carbocycles. The van der Waals surface area contributed by atoms with Crippen molar-refractivity contribution in [2.75, 3.05) is 26.2 Å². The average Bonchev–Trinajstić information content (AvgIpc) is 2.82. The highest BCUT2D eigenvalue weighted by molar-refractivity contribution is 5.02. The van der Waals surface area contributed by atoms with Gasteiger partial charge in [0.25, 0.3) is 0 Å². The van der Waals surface area contributed by atoms with Gasteiger partial charge in [0.15, 0.2) is 0 Å². The average molecular weight is 291 g/mol. The van der Waals surface area contributed by atoms with Crippen LogP contribution in [0.1, 0.15) is 43.1 Å². The fourth-order valence-corrected chi connectivity index (χ4v) is 2.59. The second-order valence-electron chi connectivity index (χ2n) is 5.34. The minimum Gasteiger partial charge on any atom is -0.422 e. The van der Waals surface area contributed by atoms with Crippen LogP contribution in [-0.2, 0) is 4.74 Å². The molecule has 2 fully saturated rings. The quantitative estimate of drug-likeness (QED) is 0.855. The molecule has 1 aromatic heterocycles. The van der Waals surface area contributed by atoms with Crippen LogP contribution in [0.2, 0.25) is 0 Å². The number of hydrogen-bond donors (Lipinski definition) is 0. The summed E-state index contributed by atoms with van der Waals surface area (Å²) in [7, 11) is 0. The fourth-order valence-electron chi connectivity index (χ4n) is 2.59. The maximum atomic E-state index is 12.2. The van der Waals surface area contributed by atoms with E-state index in [4.69, 9.17) is 9.15 Å². The summed E-state index contributed by atoms with van der Waals surface area (Å²) in [5.41, 5.74) is 0. The van der Waals surface area contributed by atoms with Crippen LogP contribution in [0, 0.1) is 0 Å². The molecule has 2 aliphatic rings. The van der Waals surface area contributed by atoms with Gasteiger partial charge in [0.1, 0.15) is 6.10 Å². The maximum absolute atomic E-state index is 12.2. The van der Waals surface area contributed by atoms with Gasteiger partial charge >= 0.3 is 6.18 Å². The summed E-state index contributed by atoms with van der Waals surface area (Å²) in [6.45, 7) is 0.431. The zero-order valence-electron chi connectivity index (χ0n) is 10.9. The van der Waals surface area contributed by atoms with Gasteiger partial charge in [0.2, 0.25) is 11.8 Å². The molecule has 0 amide bonds. The van der Waals surface area contributed by atoms with Crippen LogP contribution < -0.4 is 0 Å². The molecular weight excluding hydrogens is 275 g/mol. The van der Waals surface area contributed by atoms with Crippen molar-refractivity contribution in [3.63, 3.8) is 0 Å². The standard InChI is InChI=1S/C12H16F3N3O2/c13-12(14,15)7-18-5-8(6-18)10-16-17-11(20-10)9-3-1-2-4-19-9/h8-9H,1-7H2. The highest BCUT2D eigenvalue weighted by atomic mass is 19.4. The lowest BCUT2D eigenvalue weighted by Crippen LogP contribution is -2.49. The van der Waals surface area contributed by atoms with Gasteiger partial charge < -0.3 is 9.15 Å². The summed E-state index contributed by atoms with van der Waals surface area (Å²) in [5, 5.41) is 7.90. The second kappa shape index (κ2) is 5.33. The Morgan fingerprint density at radius 3 is 2.55 bits per heavy atom. The van der Waals surface area contributed by atoms with Gasteiger partial charge in [0.05, 0.1) is 12.5 Å². The van der Waals surface area contributed by atoms with E-state index in [1.165, 1.54) is 4.90 Å². The molecule has 0 bridgehead atoms. The van der Waals surface area contributed by atoms with Crippen molar-refractivity contribution in [1.82, 2.24) is 15.1 Å². The Bertz CT molecular complexity index is 451. The third-order valence-electron chi connectivity index (χ3n) is 3.62. The van der Waals surface area contributed by atoms with Gasteiger partial charge in [-0.2, -0.15) is 13.2 Å². The fraction of sp³-hybridized carbons (Fsp3) is 0.833. The molecular formula is C12H16F3N3O2. The van der Waals surface area contributed by atoms with Gasteiger partial charge in [-0.05, 0) is 19.3 Å². The summed E-state index contributed by atoms with van der Waals surface area (Å²) in [6.07, 6.45) is -1.36. The van der Waals surface area contributed by atoms with E-state index >= 15 is 0 Å². The molecule has 0 aromatic carbocycles. The van der Waals surface area contributed by atoms with Crippen LogP contribution in [0.5, 0.6) is 0 Å². The monoisotopic (exact) mass is 291 g/mol. The molecule has 8 heteroatoms. The van der Waals surface area contributed by atoms with Crippen molar-refractivity contribution < 1.29 is 22.3 Å². The Morgan fingerprint density at radius 2 is 1.90 bits per heavy atom. The summed E-state index contributed by atoms with van der Waals surface area (Å²) in [5.74, 6) is 0.781. The SMILES string of the molecule is FC(F)(F)CN1CC(c2nnc(C3CCCCO3)o2)C1. The van der Waals surface area contributed by atoms with E-state index in [0.717, 1.165) is 19.3 Å². The van der Waals surface area contributed by atoms with Crippen molar-refractivity contribution in [2.45, 2.75) is 37.5 Å². The van der Waals surface area contributed by atoms with Crippen LogP contribution >= 0.6 is 0 Å². The smallest absolute Gasteiger partial charge is 0.401 e. The van der Waals surface area contributed by atoms with Crippen LogP contribution in [0.3, 0.4) is 0 Å². The van der Waals surface area contributed by atoms with Gasteiger partial charge in [-0.1, -0.05) is 0 Å². The summed E-state index contributed by atoms with van der Waals surface area (Å²) in [6, 6.07) is 0. The van der Waals surface area contributed by atoms with Crippen molar-refractivity contribution in [3.05, 3.63) is 11.8 Å². The van der Waals surface area contributed by atoms with Crippen molar-refractivity contribution in [1.29, 1.82) is 0 Å². The second-order valence-corrected chi connectivity index (χ2v) is 5.34. The molecule has 3 rings (SSSR count). The first-order valence-corrected chi connectivity index (χ1v) is 6.75. The molecule has 2 saturated heterocycles. The molecule has 2 aliphatic heterocycles. The number of hydrogen-bond acceptors (Lipinski definition) is 5. The van der Waals surface area contributed by atoms with E-state index in [1.807, 2.05) is 0 Å². The Balaban J connectivity index is 1.53. The molecule has 112 valence electrons. The summed E-state index contributed by atoms with van der Waals surface area (Å²) in [4.78, 5) is 1.33. The van der Waals surface area contributed by atoms with E-state index in [2.05, 4.69) is 10.2 Å². The highest BCUT2D eigenvalue weighted by Gasteiger charge is 2.39. The minimum atomic E-state index is -4.15. The molecule has 3 heterocycles. The Morgan fingerprint density at radius 1 is 1.15 bits per heavy atom. The number of aromatic nitrogens is 2. The van der Waals surface area contributed by atoms with E-state index in [-0.39, 0.29) is 12.0 Å². The zero-order valence-corrected chi connectivity index (χ0v) is 10.9. The molecule has 0 N–H and O–H groups in total. The number of ether oxygens (including phenoxy) is 1. The first-order chi connectivity index (χ1) is 9.51. The van der Waals surface area contributed by atoms with Crippen LogP contribution in [0.4, 0.5) is 13.2 Å². The van der Waals surface area contributed by atoms with Crippen molar-refractivity contribution in [3.8, 4) is 0 Å². The van der Waals surface area contributed by atoms with Gasteiger partial charge in [-0.25, -0.2) is 0 Å². The molecule has 0 spiro atoms. The predicted octanol–water partition coefficient (Wildman–Crippen LogP) is 2.27. The lowest BCUT2D eigenvalue weighted by molar-refractivity contribution is -0.155. The minimum absolute atomic E-state index is 0.0952. The summed E-state index contributed by atoms with van der Waals surface area (Å²) < 4.78 is 47.7. The number of nitrogens with zero attached hydrogens (tertiary/aromatic N) is 3. The topological polar surface area (TPSA) is 51.4 Å². The zero-order chi connectivity index (χ0) is 14.2. The molecule has 1 aromatic rings. The Labute approximate surface area is 114 Å².